The lowest BCUT2D eigenvalue weighted by molar-refractivity contribution is -0.126. The molecule has 2 aromatic carbocycles. The fourth-order valence-electron chi connectivity index (χ4n) is 1.81. The van der Waals surface area contributed by atoms with Gasteiger partial charge < -0.3 is 15.9 Å². The summed E-state index contributed by atoms with van der Waals surface area (Å²) >= 11 is 0. The zero-order valence-electron chi connectivity index (χ0n) is 13.2. The van der Waals surface area contributed by atoms with E-state index in [0.717, 1.165) is 5.56 Å². The normalized spacial score (nSPS) is 12.6. The topological polar surface area (TPSA) is 76.7 Å². The molecule has 0 heterocycles. The second kappa shape index (κ2) is 7.54. The second-order valence-corrected chi connectivity index (χ2v) is 5.20. The number of amidine groups is 1. The van der Waals surface area contributed by atoms with Crippen LogP contribution in [0.5, 0.6) is 0 Å². The molecular formula is C17H17F2N3O2. The Balaban J connectivity index is 1.98. The third kappa shape index (κ3) is 4.52. The Morgan fingerprint density at radius 1 is 1.21 bits per heavy atom. The van der Waals surface area contributed by atoms with Crippen LogP contribution >= 0.6 is 0 Å². The Morgan fingerprint density at radius 3 is 2.50 bits per heavy atom. The fraction of sp³-hybridized carbons (Fsp3) is 0.176. The van der Waals surface area contributed by atoms with Gasteiger partial charge in [-0.1, -0.05) is 11.2 Å². The molecule has 0 aliphatic carbocycles. The predicted molar refractivity (Wildman–Crippen MR) is 87.4 cm³/mol. The SMILES string of the molecule is Cc1ccc(NC(=O)C(C)ON=C(N)c2ccc(F)cc2)c(F)c1. The van der Waals surface area contributed by atoms with Crippen molar-refractivity contribution in [2.24, 2.45) is 10.9 Å². The average Bonchev–Trinajstić information content (AvgIpc) is 2.55. The highest BCUT2D eigenvalue weighted by Crippen LogP contribution is 2.15. The predicted octanol–water partition coefficient (Wildman–Crippen LogP) is 2.94. The third-order valence-corrected chi connectivity index (χ3v) is 3.20. The second-order valence-electron chi connectivity index (χ2n) is 5.20. The van der Waals surface area contributed by atoms with Gasteiger partial charge in [0.15, 0.2) is 5.84 Å². The van der Waals surface area contributed by atoms with Crippen molar-refractivity contribution in [1.29, 1.82) is 0 Å². The molecule has 1 amide bonds. The van der Waals surface area contributed by atoms with Gasteiger partial charge in [0.25, 0.3) is 5.91 Å². The van der Waals surface area contributed by atoms with Crippen LogP contribution in [-0.2, 0) is 9.63 Å². The molecule has 0 aliphatic heterocycles. The van der Waals surface area contributed by atoms with Gasteiger partial charge in [-0.2, -0.15) is 0 Å². The molecule has 2 aromatic rings. The molecule has 0 spiro atoms. The van der Waals surface area contributed by atoms with E-state index in [2.05, 4.69) is 10.5 Å². The number of carbonyl (C=O) groups excluding carboxylic acids is 1. The van der Waals surface area contributed by atoms with Crippen molar-refractivity contribution in [2.75, 3.05) is 5.32 Å². The standard InChI is InChI=1S/C17H17F2N3O2/c1-10-3-8-15(14(19)9-10)21-17(23)11(2)24-22-16(20)12-4-6-13(18)7-5-12/h3-9,11H,1-2H3,(H2,20,22)(H,21,23). The van der Waals surface area contributed by atoms with Crippen LogP contribution in [0.2, 0.25) is 0 Å². The first kappa shape index (κ1) is 17.4. The van der Waals surface area contributed by atoms with Gasteiger partial charge >= 0.3 is 0 Å². The Kier molecular flexibility index (Phi) is 5.47. The molecule has 0 saturated heterocycles. The van der Waals surface area contributed by atoms with Crippen LogP contribution in [0.25, 0.3) is 0 Å². The number of hydrogen-bond donors (Lipinski definition) is 2. The molecular weight excluding hydrogens is 316 g/mol. The molecule has 0 radical (unpaired) electrons. The molecule has 0 fully saturated rings. The lowest BCUT2D eigenvalue weighted by Gasteiger charge is -2.12. The summed E-state index contributed by atoms with van der Waals surface area (Å²) < 4.78 is 26.5. The number of anilines is 1. The number of nitrogens with two attached hydrogens (primary N) is 1. The Morgan fingerprint density at radius 2 is 1.88 bits per heavy atom. The van der Waals surface area contributed by atoms with E-state index in [1.165, 1.54) is 43.3 Å². The quantitative estimate of drug-likeness (QED) is 0.502. The lowest BCUT2D eigenvalue weighted by atomic mass is 10.2. The van der Waals surface area contributed by atoms with Crippen molar-refractivity contribution in [1.82, 2.24) is 0 Å². The molecule has 0 aliphatic rings. The van der Waals surface area contributed by atoms with Crippen molar-refractivity contribution in [3.63, 3.8) is 0 Å². The monoisotopic (exact) mass is 333 g/mol. The lowest BCUT2D eigenvalue weighted by Crippen LogP contribution is -2.28. The molecule has 126 valence electrons. The van der Waals surface area contributed by atoms with E-state index in [1.54, 1.807) is 13.0 Å². The molecule has 1 unspecified atom stereocenters. The fourth-order valence-corrected chi connectivity index (χ4v) is 1.81. The maximum atomic E-state index is 13.7. The number of rotatable bonds is 5. The number of oxime groups is 1. The number of nitrogens with one attached hydrogen (secondary N) is 1. The number of hydrogen-bond acceptors (Lipinski definition) is 3. The van der Waals surface area contributed by atoms with E-state index in [-0.39, 0.29) is 11.5 Å². The average molecular weight is 333 g/mol. The summed E-state index contributed by atoms with van der Waals surface area (Å²) in [7, 11) is 0. The Bertz CT molecular complexity index is 761. The number of halogens is 2. The summed E-state index contributed by atoms with van der Waals surface area (Å²) in [6.45, 7) is 3.19. The number of benzene rings is 2. The van der Waals surface area contributed by atoms with Gasteiger partial charge in [0.1, 0.15) is 11.6 Å². The first-order chi connectivity index (χ1) is 11.4. The van der Waals surface area contributed by atoms with Crippen molar-refractivity contribution in [2.45, 2.75) is 20.0 Å². The van der Waals surface area contributed by atoms with E-state index in [0.29, 0.717) is 5.56 Å². The minimum atomic E-state index is -0.996. The first-order valence-corrected chi connectivity index (χ1v) is 7.19. The van der Waals surface area contributed by atoms with Crippen LogP contribution in [0, 0.1) is 18.6 Å². The van der Waals surface area contributed by atoms with Crippen molar-refractivity contribution in [3.05, 3.63) is 65.2 Å². The van der Waals surface area contributed by atoms with Gasteiger partial charge in [-0.3, -0.25) is 4.79 Å². The zero-order valence-corrected chi connectivity index (χ0v) is 13.2. The third-order valence-electron chi connectivity index (χ3n) is 3.20. The van der Waals surface area contributed by atoms with Crippen LogP contribution in [0.4, 0.5) is 14.5 Å². The molecule has 24 heavy (non-hydrogen) atoms. The molecule has 3 N–H and O–H groups in total. The van der Waals surface area contributed by atoms with E-state index in [4.69, 9.17) is 10.6 Å². The van der Waals surface area contributed by atoms with Crippen molar-refractivity contribution in [3.8, 4) is 0 Å². The number of carbonyl (C=O) groups is 1. The van der Waals surface area contributed by atoms with E-state index in [1.807, 2.05) is 0 Å². The summed E-state index contributed by atoms with van der Waals surface area (Å²) in [5.41, 5.74) is 6.94. The molecule has 0 bridgehead atoms. The molecule has 5 nitrogen and oxygen atoms in total. The van der Waals surface area contributed by atoms with Gasteiger partial charge in [-0.25, -0.2) is 8.78 Å². The van der Waals surface area contributed by atoms with Crippen molar-refractivity contribution < 1.29 is 18.4 Å². The molecule has 0 aromatic heterocycles. The van der Waals surface area contributed by atoms with Crippen LogP contribution in [0.1, 0.15) is 18.1 Å². The van der Waals surface area contributed by atoms with Crippen LogP contribution in [-0.4, -0.2) is 17.8 Å². The molecule has 0 saturated carbocycles. The smallest absolute Gasteiger partial charge is 0.268 e. The highest BCUT2D eigenvalue weighted by atomic mass is 19.1. The Labute approximate surface area is 138 Å². The van der Waals surface area contributed by atoms with Crippen LogP contribution < -0.4 is 11.1 Å². The summed E-state index contributed by atoms with van der Waals surface area (Å²) in [4.78, 5) is 17.0. The minimum Gasteiger partial charge on any atom is -0.381 e. The van der Waals surface area contributed by atoms with E-state index < -0.39 is 23.6 Å². The summed E-state index contributed by atoms with van der Waals surface area (Å²) in [5, 5.41) is 6.05. The Hall–Kier alpha value is -2.96. The highest BCUT2D eigenvalue weighted by Gasteiger charge is 2.16. The minimum absolute atomic E-state index is 0.00355. The van der Waals surface area contributed by atoms with Crippen LogP contribution in [0.3, 0.4) is 0 Å². The van der Waals surface area contributed by atoms with Gasteiger partial charge in [0.05, 0.1) is 5.69 Å². The summed E-state index contributed by atoms with van der Waals surface area (Å²) in [6.07, 6.45) is -0.996. The number of aryl methyl sites for hydroxylation is 1. The maximum absolute atomic E-state index is 13.7. The maximum Gasteiger partial charge on any atom is 0.268 e. The molecule has 2 rings (SSSR count). The summed E-state index contributed by atoms with van der Waals surface area (Å²) in [6, 6.07) is 9.78. The zero-order chi connectivity index (χ0) is 17.7. The number of nitrogens with zero attached hydrogens (tertiary/aromatic N) is 1. The van der Waals surface area contributed by atoms with E-state index in [9.17, 15) is 13.6 Å². The van der Waals surface area contributed by atoms with Crippen LogP contribution in [0.15, 0.2) is 47.6 Å². The van der Waals surface area contributed by atoms with Gasteiger partial charge in [0, 0.05) is 5.56 Å². The van der Waals surface area contributed by atoms with Crippen molar-refractivity contribution >= 4 is 17.4 Å². The van der Waals surface area contributed by atoms with Gasteiger partial charge in [-0.15, -0.1) is 0 Å². The van der Waals surface area contributed by atoms with Gasteiger partial charge in [-0.05, 0) is 55.8 Å². The number of amides is 1. The first-order valence-electron chi connectivity index (χ1n) is 7.19. The highest BCUT2D eigenvalue weighted by molar-refractivity contribution is 5.97. The van der Waals surface area contributed by atoms with Gasteiger partial charge in [0.2, 0.25) is 6.10 Å². The molecule has 7 heteroatoms. The summed E-state index contributed by atoms with van der Waals surface area (Å²) in [5.74, 6) is -1.52. The van der Waals surface area contributed by atoms with E-state index >= 15 is 0 Å². The largest absolute Gasteiger partial charge is 0.381 e. The molecule has 1 atom stereocenters.